The largest absolute Gasteiger partial charge is 0.493 e. The van der Waals surface area contributed by atoms with Crippen LogP contribution in [0.1, 0.15) is 83.6 Å². The highest BCUT2D eigenvalue weighted by Crippen LogP contribution is 2.48. The Kier molecular flexibility index (Phi) is 8.04. The lowest BCUT2D eigenvalue weighted by molar-refractivity contribution is -0.174. The van der Waals surface area contributed by atoms with Gasteiger partial charge in [-0.1, -0.05) is 40.0 Å². The zero-order valence-corrected chi connectivity index (χ0v) is 21.6. The molecule has 1 N–H and O–H groups in total. The number of aliphatic carboxylic acids is 1. The van der Waals surface area contributed by atoms with E-state index in [1.165, 1.54) is 0 Å². The van der Waals surface area contributed by atoms with Crippen LogP contribution in [0.25, 0.3) is 0 Å². The predicted octanol–water partition coefficient (Wildman–Crippen LogP) is 5.26. The van der Waals surface area contributed by atoms with E-state index in [9.17, 15) is 14.7 Å². The van der Waals surface area contributed by atoms with E-state index in [1.807, 2.05) is 32.9 Å². The third-order valence-corrected chi connectivity index (χ3v) is 7.93. The van der Waals surface area contributed by atoms with Gasteiger partial charge in [0.05, 0.1) is 27.2 Å². The number of methoxy groups -OCH3 is 3. The van der Waals surface area contributed by atoms with E-state index < -0.39 is 22.8 Å². The molecule has 190 valence electrons. The molecule has 2 atom stereocenters. The van der Waals surface area contributed by atoms with Gasteiger partial charge in [0, 0.05) is 6.54 Å². The Morgan fingerprint density at radius 3 is 2.03 bits per heavy atom. The van der Waals surface area contributed by atoms with Gasteiger partial charge in [0.1, 0.15) is 5.54 Å². The first kappa shape index (κ1) is 26.2. The summed E-state index contributed by atoms with van der Waals surface area (Å²) in [5.74, 6) is 0.147. The molecule has 0 unspecified atom stereocenters. The van der Waals surface area contributed by atoms with Gasteiger partial charge in [0.2, 0.25) is 11.7 Å². The zero-order chi connectivity index (χ0) is 25.1. The number of benzene rings is 1. The molecule has 1 aliphatic carbocycles. The molecule has 34 heavy (non-hydrogen) atoms. The van der Waals surface area contributed by atoms with Crippen LogP contribution < -0.4 is 14.2 Å². The highest BCUT2D eigenvalue weighted by Gasteiger charge is 2.57. The van der Waals surface area contributed by atoms with E-state index in [1.54, 1.807) is 26.2 Å². The highest BCUT2D eigenvalue weighted by molar-refractivity contribution is 5.92. The van der Waals surface area contributed by atoms with Crippen molar-refractivity contribution in [3.8, 4) is 17.2 Å². The van der Waals surface area contributed by atoms with Gasteiger partial charge < -0.3 is 24.2 Å². The van der Waals surface area contributed by atoms with Crippen LogP contribution in [0.3, 0.4) is 0 Å². The van der Waals surface area contributed by atoms with Crippen LogP contribution >= 0.6 is 0 Å². The summed E-state index contributed by atoms with van der Waals surface area (Å²) in [5, 5.41) is 10.5. The molecule has 1 aliphatic heterocycles. The van der Waals surface area contributed by atoms with Crippen LogP contribution in [-0.4, -0.2) is 55.3 Å². The average molecular weight is 476 g/mol. The highest BCUT2D eigenvalue weighted by atomic mass is 16.5. The molecule has 2 fully saturated rings. The lowest BCUT2D eigenvalue weighted by Crippen LogP contribution is -2.66. The first-order valence-electron chi connectivity index (χ1n) is 12.5. The van der Waals surface area contributed by atoms with Gasteiger partial charge in [-0.05, 0) is 61.1 Å². The third kappa shape index (κ3) is 4.58. The summed E-state index contributed by atoms with van der Waals surface area (Å²) in [4.78, 5) is 29.0. The molecule has 1 saturated heterocycles. The van der Waals surface area contributed by atoms with Crippen molar-refractivity contribution in [1.29, 1.82) is 0 Å². The van der Waals surface area contributed by atoms with Crippen molar-refractivity contribution < 1.29 is 28.9 Å². The van der Waals surface area contributed by atoms with Gasteiger partial charge in [-0.3, -0.25) is 4.79 Å². The van der Waals surface area contributed by atoms with Crippen LogP contribution in [0.5, 0.6) is 17.2 Å². The molecule has 1 heterocycles. The number of carbonyl (C=O) groups excluding carboxylic acids is 1. The molecule has 1 saturated carbocycles. The molecule has 7 nitrogen and oxygen atoms in total. The van der Waals surface area contributed by atoms with Gasteiger partial charge in [0.15, 0.2) is 11.5 Å². The summed E-state index contributed by atoms with van der Waals surface area (Å²) >= 11 is 0. The number of piperidine rings is 1. The van der Waals surface area contributed by atoms with E-state index in [0.717, 1.165) is 50.5 Å². The molecule has 7 heteroatoms. The van der Waals surface area contributed by atoms with Gasteiger partial charge in [-0.25, -0.2) is 4.79 Å². The molecule has 0 spiro atoms. The van der Waals surface area contributed by atoms with Gasteiger partial charge >= 0.3 is 5.97 Å². The summed E-state index contributed by atoms with van der Waals surface area (Å²) in [6, 6.07) is 3.73. The average Bonchev–Trinajstić information content (AvgIpc) is 2.83. The van der Waals surface area contributed by atoms with Crippen molar-refractivity contribution in [2.45, 2.75) is 83.6 Å². The smallest absolute Gasteiger partial charge is 0.330 e. The number of ether oxygens (including phenoxy) is 3. The normalized spacial score (nSPS) is 22.7. The van der Waals surface area contributed by atoms with Crippen molar-refractivity contribution in [3.05, 3.63) is 17.7 Å². The fourth-order valence-electron chi connectivity index (χ4n) is 6.13. The predicted molar refractivity (Wildman–Crippen MR) is 131 cm³/mol. The summed E-state index contributed by atoms with van der Waals surface area (Å²) < 4.78 is 16.7. The number of nitrogens with zero attached hydrogens (tertiary/aromatic N) is 1. The Balaban J connectivity index is 2.16. The SMILES string of the molecule is COc1cc([C@@H](C(=O)N2CCCC[C@@]2(C(=O)O)C(C)(C)C)C2CCCCC2)cc(OC)c1OC. The van der Waals surface area contributed by atoms with Gasteiger partial charge in [0.25, 0.3) is 0 Å². The number of hydrogen-bond acceptors (Lipinski definition) is 5. The number of carboxylic acids is 1. The summed E-state index contributed by atoms with van der Waals surface area (Å²) in [6.45, 7) is 6.25. The summed E-state index contributed by atoms with van der Waals surface area (Å²) in [7, 11) is 4.69. The summed E-state index contributed by atoms with van der Waals surface area (Å²) in [5.41, 5.74) is -1.05. The second kappa shape index (κ2) is 10.4. The van der Waals surface area contributed by atoms with Crippen molar-refractivity contribution in [3.63, 3.8) is 0 Å². The number of hydrogen-bond donors (Lipinski definition) is 1. The fourth-order valence-corrected chi connectivity index (χ4v) is 6.13. The lowest BCUT2D eigenvalue weighted by Gasteiger charge is -2.53. The van der Waals surface area contributed by atoms with E-state index in [0.29, 0.717) is 30.2 Å². The Morgan fingerprint density at radius 2 is 1.56 bits per heavy atom. The van der Waals surface area contributed by atoms with Crippen LogP contribution in [0.2, 0.25) is 0 Å². The molecule has 0 aromatic heterocycles. The molecule has 3 rings (SSSR count). The Labute approximate surface area is 203 Å². The topological polar surface area (TPSA) is 85.3 Å². The standard InChI is InChI=1S/C27H41NO6/c1-26(2,3)27(25(30)31)14-10-11-15-28(27)24(29)22(18-12-8-7-9-13-18)19-16-20(32-4)23(34-6)21(17-19)33-5/h16-18,22H,7-15H2,1-6H3,(H,30,31)/t22-,27+/m0/s1. The lowest BCUT2D eigenvalue weighted by atomic mass is 9.66. The van der Waals surface area contributed by atoms with Crippen molar-refractivity contribution in [1.82, 2.24) is 4.90 Å². The summed E-state index contributed by atoms with van der Waals surface area (Å²) in [6.07, 6.45) is 7.26. The maximum absolute atomic E-state index is 14.5. The second-order valence-electron chi connectivity index (χ2n) is 10.7. The second-order valence-corrected chi connectivity index (χ2v) is 10.7. The minimum Gasteiger partial charge on any atom is -0.493 e. The molecular formula is C27H41NO6. The molecule has 1 amide bonds. The van der Waals surface area contributed by atoms with E-state index in [-0.39, 0.29) is 11.8 Å². The van der Waals surface area contributed by atoms with Crippen molar-refractivity contribution in [2.24, 2.45) is 11.3 Å². The quantitative estimate of drug-likeness (QED) is 0.579. The maximum Gasteiger partial charge on any atom is 0.330 e. The minimum absolute atomic E-state index is 0.0989. The number of likely N-dealkylation sites (tertiary alicyclic amines) is 1. The number of carbonyl (C=O) groups is 2. The molecular weight excluding hydrogens is 434 g/mol. The number of carboxylic acid groups (broad SMARTS) is 1. The molecule has 0 radical (unpaired) electrons. The first-order valence-corrected chi connectivity index (χ1v) is 12.5. The van der Waals surface area contributed by atoms with Crippen molar-refractivity contribution >= 4 is 11.9 Å². The minimum atomic E-state index is -1.24. The van der Waals surface area contributed by atoms with Crippen molar-refractivity contribution in [2.75, 3.05) is 27.9 Å². The van der Waals surface area contributed by atoms with Crippen LogP contribution in [-0.2, 0) is 9.59 Å². The van der Waals surface area contributed by atoms with E-state index in [4.69, 9.17) is 14.2 Å². The Bertz CT molecular complexity index is 861. The molecule has 1 aromatic carbocycles. The zero-order valence-electron chi connectivity index (χ0n) is 21.6. The van der Waals surface area contributed by atoms with Gasteiger partial charge in [-0.15, -0.1) is 0 Å². The third-order valence-electron chi connectivity index (χ3n) is 7.93. The van der Waals surface area contributed by atoms with Crippen LogP contribution in [0.15, 0.2) is 12.1 Å². The molecule has 1 aromatic rings. The number of amides is 1. The van der Waals surface area contributed by atoms with Crippen LogP contribution in [0, 0.1) is 11.3 Å². The molecule has 2 aliphatic rings. The Hall–Kier alpha value is -2.44. The number of rotatable bonds is 7. The van der Waals surface area contributed by atoms with Crippen LogP contribution in [0.4, 0.5) is 0 Å². The monoisotopic (exact) mass is 475 g/mol. The van der Waals surface area contributed by atoms with Gasteiger partial charge in [-0.2, -0.15) is 0 Å². The fraction of sp³-hybridized carbons (Fsp3) is 0.704. The maximum atomic E-state index is 14.5. The van der Waals surface area contributed by atoms with E-state index >= 15 is 0 Å². The van der Waals surface area contributed by atoms with E-state index in [2.05, 4.69) is 0 Å². The Morgan fingerprint density at radius 1 is 0.971 bits per heavy atom. The molecule has 0 bridgehead atoms. The first-order chi connectivity index (χ1) is 16.1.